The first-order valence-corrected chi connectivity index (χ1v) is 9.37. The minimum Gasteiger partial charge on any atom is -0.371 e. The van der Waals surface area contributed by atoms with Gasteiger partial charge in [0.05, 0.1) is 10.9 Å². The van der Waals surface area contributed by atoms with Crippen molar-refractivity contribution in [2.75, 3.05) is 25.0 Å². The molecule has 3 rings (SSSR count). The first kappa shape index (κ1) is 17.1. The number of piperidine rings is 1. The molecule has 2 aromatic rings. The second kappa shape index (κ2) is 7.90. The van der Waals surface area contributed by atoms with Crippen LogP contribution in [0.1, 0.15) is 17.7 Å². The van der Waals surface area contributed by atoms with E-state index in [2.05, 4.69) is 34.5 Å². The normalized spacial score (nSPS) is 15.3. The van der Waals surface area contributed by atoms with E-state index in [1.807, 2.05) is 25.2 Å². The van der Waals surface area contributed by atoms with Crippen molar-refractivity contribution in [3.8, 4) is 0 Å². The Morgan fingerprint density at radius 1 is 1.25 bits per heavy atom. The summed E-state index contributed by atoms with van der Waals surface area (Å²) in [5.41, 5.74) is 1.26. The SMILES string of the molecule is CN(Cc1ccc(Cl)s1)C(=O)NC1CCN(c2ccccc2)CC1. The van der Waals surface area contributed by atoms with Crippen LogP contribution >= 0.6 is 22.9 Å². The predicted octanol–water partition coefficient (Wildman–Crippen LogP) is 4.21. The van der Waals surface area contributed by atoms with Gasteiger partial charge in [-0.05, 0) is 37.1 Å². The zero-order valence-electron chi connectivity index (χ0n) is 13.7. The second-order valence-corrected chi connectivity index (χ2v) is 7.91. The highest BCUT2D eigenvalue weighted by molar-refractivity contribution is 7.16. The zero-order chi connectivity index (χ0) is 16.9. The van der Waals surface area contributed by atoms with Crippen LogP contribution in [0, 0.1) is 0 Å². The van der Waals surface area contributed by atoms with Crippen LogP contribution in [-0.2, 0) is 6.54 Å². The molecule has 0 saturated carbocycles. The van der Waals surface area contributed by atoms with Crippen molar-refractivity contribution in [2.24, 2.45) is 0 Å². The number of rotatable bonds is 4. The number of benzene rings is 1. The minimum atomic E-state index is -0.0160. The Labute approximate surface area is 152 Å². The molecular weight excluding hydrogens is 342 g/mol. The third kappa shape index (κ3) is 4.42. The molecule has 0 spiro atoms. The lowest BCUT2D eigenvalue weighted by Gasteiger charge is -2.34. The molecule has 1 N–H and O–H groups in total. The Balaban J connectivity index is 1.46. The quantitative estimate of drug-likeness (QED) is 0.883. The van der Waals surface area contributed by atoms with Crippen molar-refractivity contribution in [2.45, 2.75) is 25.4 Å². The number of amides is 2. The highest BCUT2D eigenvalue weighted by Gasteiger charge is 2.22. The fraction of sp³-hybridized carbons (Fsp3) is 0.389. The van der Waals surface area contributed by atoms with Gasteiger partial charge in [0.25, 0.3) is 0 Å². The van der Waals surface area contributed by atoms with Crippen LogP contribution in [0.2, 0.25) is 4.34 Å². The number of nitrogens with zero attached hydrogens (tertiary/aromatic N) is 2. The van der Waals surface area contributed by atoms with Gasteiger partial charge >= 0.3 is 6.03 Å². The molecule has 0 atom stereocenters. The number of urea groups is 1. The summed E-state index contributed by atoms with van der Waals surface area (Å²) in [6.07, 6.45) is 1.94. The molecule has 1 saturated heterocycles. The molecule has 0 radical (unpaired) electrons. The predicted molar refractivity (Wildman–Crippen MR) is 101 cm³/mol. The van der Waals surface area contributed by atoms with Crippen LogP contribution in [0.5, 0.6) is 0 Å². The van der Waals surface area contributed by atoms with Gasteiger partial charge < -0.3 is 15.1 Å². The smallest absolute Gasteiger partial charge is 0.317 e. The highest BCUT2D eigenvalue weighted by Crippen LogP contribution is 2.23. The number of hydrogen-bond donors (Lipinski definition) is 1. The van der Waals surface area contributed by atoms with Gasteiger partial charge in [-0.3, -0.25) is 0 Å². The standard InChI is InChI=1S/C18H22ClN3OS/c1-21(13-16-7-8-17(19)24-16)18(23)20-14-9-11-22(12-10-14)15-5-3-2-4-6-15/h2-8,14H,9-13H2,1H3,(H,20,23). The van der Waals surface area contributed by atoms with E-state index >= 15 is 0 Å². The summed E-state index contributed by atoms with van der Waals surface area (Å²) in [6.45, 7) is 2.53. The summed E-state index contributed by atoms with van der Waals surface area (Å²) in [7, 11) is 1.82. The maximum Gasteiger partial charge on any atom is 0.317 e. The fourth-order valence-electron chi connectivity index (χ4n) is 2.95. The van der Waals surface area contributed by atoms with Crippen LogP contribution in [-0.4, -0.2) is 37.1 Å². The molecule has 1 fully saturated rings. The molecule has 4 nitrogen and oxygen atoms in total. The molecule has 1 aromatic heterocycles. The lowest BCUT2D eigenvalue weighted by atomic mass is 10.0. The average molecular weight is 364 g/mol. The Kier molecular flexibility index (Phi) is 5.63. The summed E-state index contributed by atoms with van der Waals surface area (Å²) in [6, 6.07) is 14.5. The van der Waals surface area contributed by atoms with Gasteiger partial charge in [0.1, 0.15) is 0 Å². The van der Waals surface area contributed by atoms with Crippen LogP contribution < -0.4 is 10.2 Å². The van der Waals surface area contributed by atoms with E-state index < -0.39 is 0 Å². The largest absolute Gasteiger partial charge is 0.371 e. The highest BCUT2D eigenvalue weighted by atomic mass is 35.5. The number of nitrogens with one attached hydrogen (secondary N) is 1. The first-order valence-electron chi connectivity index (χ1n) is 8.17. The number of para-hydroxylation sites is 1. The molecule has 0 aliphatic carbocycles. The van der Waals surface area contributed by atoms with Crippen molar-refractivity contribution in [1.82, 2.24) is 10.2 Å². The van der Waals surface area contributed by atoms with Crippen LogP contribution in [0.25, 0.3) is 0 Å². The third-order valence-electron chi connectivity index (χ3n) is 4.31. The molecule has 24 heavy (non-hydrogen) atoms. The van der Waals surface area contributed by atoms with Crippen molar-refractivity contribution in [1.29, 1.82) is 0 Å². The number of anilines is 1. The molecule has 1 aliphatic rings. The van der Waals surface area contributed by atoms with Crippen molar-refractivity contribution >= 4 is 34.7 Å². The minimum absolute atomic E-state index is 0.0160. The van der Waals surface area contributed by atoms with Gasteiger partial charge in [0, 0.05) is 36.7 Å². The summed E-state index contributed by atoms with van der Waals surface area (Å²) in [5.74, 6) is 0. The Bertz CT molecular complexity index is 668. The maximum absolute atomic E-state index is 12.3. The summed E-state index contributed by atoms with van der Waals surface area (Å²) >= 11 is 7.45. The Morgan fingerprint density at radius 3 is 2.58 bits per heavy atom. The molecule has 1 aromatic carbocycles. The van der Waals surface area contributed by atoms with Crippen LogP contribution in [0.3, 0.4) is 0 Å². The summed E-state index contributed by atoms with van der Waals surface area (Å²) < 4.78 is 0.757. The molecule has 1 aliphatic heterocycles. The van der Waals surface area contributed by atoms with Gasteiger partial charge in [0.15, 0.2) is 0 Å². The molecule has 0 bridgehead atoms. The van der Waals surface area contributed by atoms with E-state index in [9.17, 15) is 4.79 Å². The molecular formula is C18H22ClN3OS. The van der Waals surface area contributed by atoms with Crippen molar-refractivity contribution in [3.05, 3.63) is 51.7 Å². The van der Waals surface area contributed by atoms with Crippen molar-refractivity contribution in [3.63, 3.8) is 0 Å². The van der Waals surface area contributed by atoms with E-state index in [-0.39, 0.29) is 12.1 Å². The van der Waals surface area contributed by atoms with Crippen molar-refractivity contribution < 1.29 is 4.79 Å². The van der Waals surface area contributed by atoms with E-state index in [1.165, 1.54) is 17.0 Å². The lowest BCUT2D eigenvalue weighted by molar-refractivity contribution is 0.200. The van der Waals surface area contributed by atoms with Gasteiger partial charge in [-0.2, -0.15) is 0 Å². The molecule has 128 valence electrons. The first-order chi connectivity index (χ1) is 11.6. The Morgan fingerprint density at radius 2 is 1.96 bits per heavy atom. The maximum atomic E-state index is 12.3. The zero-order valence-corrected chi connectivity index (χ0v) is 15.3. The molecule has 2 heterocycles. The number of halogens is 1. The van der Waals surface area contributed by atoms with E-state index in [0.29, 0.717) is 6.54 Å². The topological polar surface area (TPSA) is 35.6 Å². The number of carbonyl (C=O) groups is 1. The average Bonchev–Trinajstić information content (AvgIpc) is 3.01. The number of carbonyl (C=O) groups excluding carboxylic acids is 1. The third-order valence-corrected chi connectivity index (χ3v) is 5.53. The fourth-order valence-corrected chi connectivity index (χ4v) is 4.09. The molecule has 2 amide bonds. The molecule has 6 heteroatoms. The number of hydrogen-bond acceptors (Lipinski definition) is 3. The van der Waals surface area contributed by atoms with Crippen LogP contribution in [0.4, 0.5) is 10.5 Å². The van der Waals surface area contributed by atoms with E-state index in [0.717, 1.165) is 35.1 Å². The lowest BCUT2D eigenvalue weighted by Crippen LogP contribution is -2.48. The monoisotopic (exact) mass is 363 g/mol. The van der Waals surface area contributed by atoms with Gasteiger partial charge in [-0.1, -0.05) is 29.8 Å². The number of thiophene rings is 1. The summed E-state index contributed by atoms with van der Waals surface area (Å²) in [5, 5.41) is 3.15. The summed E-state index contributed by atoms with van der Waals surface area (Å²) in [4.78, 5) is 17.5. The van der Waals surface area contributed by atoms with E-state index in [1.54, 1.807) is 4.90 Å². The van der Waals surface area contributed by atoms with Gasteiger partial charge in [0.2, 0.25) is 0 Å². The van der Waals surface area contributed by atoms with Gasteiger partial charge in [-0.15, -0.1) is 11.3 Å². The second-order valence-electron chi connectivity index (χ2n) is 6.11. The van der Waals surface area contributed by atoms with E-state index in [4.69, 9.17) is 11.6 Å². The van der Waals surface area contributed by atoms with Gasteiger partial charge in [-0.25, -0.2) is 4.79 Å². The molecule has 0 unspecified atom stereocenters. The Hall–Kier alpha value is -1.72. The van der Waals surface area contributed by atoms with Crippen LogP contribution in [0.15, 0.2) is 42.5 Å².